The summed E-state index contributed by atoms with van der Waals surface area (Å²) in [4.78, 5) is 14.6. The Bertz CT molecular complexity index is 767. The van der Waals surface area contributed by atoms with Gasteiger partial charge in [0.15, 0.2) is 5.84 Å². The van der Waals surface area contributed by atoms with E-state index in [2.05, 4.69) is 26.4 Å². The van der Waals surface area contributed by atoms with Crippen molar-refractivity contribution >= 4 is 33.4 Å². The van der Waals surface area contributed by atoms with Crippen LogP contribution in [-0.2, 0) is 4.84 Å². The first kappa shape index (κ1) is 16.2. The number of hydrogen-bond acceptors (Lipinski definition) is 5. The number of hydroxylamine groups is 1. The average Bonchev–Trinajstić information content (AvgIpc) is 2.58. The van der Waals surface area contributed by atoms with Gasteiger partial charge < -0.3 is 4.74 Å². The first-order valence-corrected chi connectivity index (χ1v) is 8.18. The second-order valence-electron chi connectivity index (χ2n) is 5.10. The van der Waals surface area contributed by atoms with E-state index in [0.717, 1.165) is 20.6 Å². The number of nitrogens with zero attached hydrogens (tertiary/aromatic N) is 2. The molecule has 2 aromatic rings. The molecule has 1 aromatic carbocycles. The highest BCUT2D eigenvalue weighted by Crippen LogP contribution is 2.26. The van der Waals surface area contributed by atoms with Crippen LogP contribution in [0.4, 0.5) is 0 Å². The highest BCUT2D eigenvalue weighted by molar-refractivity contribution is 9.10. The minimum Gasteiger partial charge on any atom is -0.480 e. The molecule has 1 N–H and O–H groups in total. The average molecular weight is 397 g/mol. The molecule has 1 atom stereocenters. The molecule has 1 aliphatic heterocycles. The van der Waals surface area contributed by atoms with Crippen LogP contribution < -0.4 is 10.2 Å². The van der Waals surface area contributed by atoms with Gasteiger partial charge in [-0.1, -0.05) is 23.7 Å². The van der Waals surface area contributed by atoms with Crippen LogP contribution in [0.3, 0.4) is 0 Å². The van der Waals surface area contributed by atoms with Crippen molar-refractivity contribution in [3.63, 3.8) is 0 Å². The summed E-state index contributed by atoms with van der Waals surface area (Å²) in [6.07, 6.45) is 0. The molecule has 1 unspecified atom stereocenters. The van der Waals surface area contributed by atoms with Crippen molar-refractivity contribution in [2.24, 2.45) is 4.99 Å². The lowest BCUT2D eigenvalue weighted by molar-refractivity contribution is 0.0620. The number of benzene rings is 1. The highest BCUT2D eigenvalue weighted by Gasteiger charge is 2.20. The number of aliphatic imine (C=N–C) groups is 1. The van der Waals surface area contributed by atoms with Crippen LogP contribution in [0.15, 0.2) is 39.8 Å². The summed E-state index contributed by atoms with van der Waals surface area (Å²) in [7, 11) is 1.57. The zero-order chi connectivity index (χ0) is 16.4. The van der Waals surface area contributed by atoms with Crippen molar-refractivity contribution in [1.29, 1.82) is 0 Å². The number of ether oxygens (including phenoxy) is 1. The molecular weight excluding hydrogens is 382 g/mol. The van der Waals surface area contributed by atoms with Crippen LogP contribution >= 0.6 is 27.5 Å². The Balaban J connectivity index is 1.94. The molecular formula is C16H15BrClN3O2. The minimum atomic E-state index is -0.112. The number of rotatable bonds is 3. The van der Waals surface area contributed by atoms with Crippen LogP contribution in [0.5, 0.6) is 5.88 Å². The van der Waals surface area contributed by atoms with Gasteiger partial charge in [-0.15, -0.1) is 0 Å². The van der Waals surface area contributed by atoms with Gasteiger partial charge in [-0.05, 0) is 52.2 Å². The molecule has 0 aliphatic carbocycles. The number of halogens is 2. The summed E-state index contributed by atoms with van der Waals surface area (Å²) in [6.45, 7) is 2.41. The number of amidine groups is 1. The molecule has 7 heteroatoms. The zero-order valence-electron chi connectivity index (χ0n) is 12.6. The van der Waals surface area contributed by atoms with Gasteiger partial charge in [0.1, 0.15) is 18.3 Å². The summed E-state index contributed by atoms with van der Waals surface area (Å²) >= 11 is 9.47. The van der Waals surface area contributed by atoms with E-state index in [-0.39, 0.29) is 6.04 Å². The monoisotopic (exact) mass is 395 g/mol. The summed E-state index contributed by atoms with van der Waals surface area (Å²) in [5.74, 6) is 1.07. The van der Waals surface area contributed by atoms with Crippen LogP contribution in [0.1, 0.15) is 22.9 Å². The first-order valence-electron chi connectivity index (χ1n) is 7.01. The molecule has 23 heavy (non-hydrogen) atoms. The van der Waals surface area contributed by atoms with E-state index in [0.29, 0.717) is 24.0 Å². The Kier molecular flexibility index (Phi) is 4.84. The second-order valence-corrected chi connectivity index (χ2v) is 6.36. The van der Waals surface area contributed by atoms with Crippen LogP contribution in [-0.4, -0.2) is 24.5 Å². The number of methoxy groups -OCH3 is 1. The van der Waals surface area contributed by atoms with E-state index in [1.807, 2.05) is 37.3 Å². The van der Waals surface area contributed by atoms with Crippen molar-refractivity contribution in [2.45, 2.75) is 13.0 Å². The molecule has 0 amide bonds. The molecule has 0 bridgehead atoms. The maximum Gasteiger partial charge on any atom is 0.228 e. The summed E-state index contributed by atoms with van der Waals surface area (Å²) < 4.78 is 6.00. The molecule has 120 valence electrons. The first-order chi connectivity index (χ1) is 11.1. The second kappa shape index (κ2) is 6.86. The molecule has 0 radical (unpaired) electrons. The highest BCUT2D eigenvalue weighted by atomic mass is 79.9. The van der Waals surface area contributed by atoms with Gasteiger partial charge in [-0.3, -0.25) is 9.83 Å². The number of nitrogens with one attached hydrogen (secondary N) is 1. The van der Waals surface area contributed by atoms with E-state index >= 15 is 0 Å². The Morgan fingerprint density at radius 1 is 1.35 bits per heavy atom. The largest absolute Gasteiger partial charge is 0.480 e. The molecule has 0 spiro atoms. The van der Waals surface area contributed by atoms with Crippen LogP contribution in [0.25, 0.3) is 0 Å². The van der Waals surface area contributed by atoms with Gasteiger partial charge in [-0.2, -0.15) is 0 Å². The minimum absolute atomic E-state index is 0.112. The molecule has 1 aromatic heterocycles. The third kappa shape index (κ3) is 3.49. The topological polar surface area (TPSA) is 55.7 Å². The maximum absolute atomic E-state index is 6.08. The van der Waals surface area contributed by atoms with E-state index < -0.39 is 0 Å². The predicted molar refractivity (Wildman–Crippen MR) is 93.0 cm³/mol. The summed E-state index contributed by atoms with van der Waals surface area (Å²) in [5.41, 5.74) is 5.54. The predicted octanol–water partition coefficient (Wildman–Crippen LogP) is 3.84. The Morgan fingerprint density at radius 3 is 2.91 bits per heavy atom. The van der Waals surface area contributed by atoms with E-state index in [4.69, 9.17) is 26.2 Å². The fourth-order valence-corrected chi connectivity index (χ4v) is 2.77. The standard InChI is InChI=1S/C16H15BrClN3O2/c1-9-7-10(3-5-12(9)18)14-8-23-21-15(19-14)13-6-4-11(17)16(20-13)22-2/h3-7,14H,8H2,1-2H3,(H,19,21). The normalized spacial score (nSPS) is 17.4. The van der Waals surface area contributed by atoms with Gasteiger partial charge in [-0.25, -0.2) is 10.5 Å². The quantitative estimate of drug-likeness (QED) is 0.856. The number of aromatic nitrogens is 1. The number of hydrogen-bond donors (Lipinski definition) is 1. The number of aryl methyl sites for hydroxylation is 1. The molecule has 0 saturated carbocycles. The fraction of sp³-hybridized carbons (Fsp3) is 0.250. The van der Waals surface area contributed by atoms with Crippen LogP contribution in [0.2, 0.25) is 5.02 Å². The summed E-state index contributed by atoms with van der Waals surface area (Å²) in [6, 6.07) is 9.46. The van der Waals surface area contributed by atoms with Crippen molar-refractivity contribution in [3.8, 4) is 5.88 Å². The zero-order valence-corrected chi connectivity index (χ0v) is 15.0. The van der Waals surface area contributed by atoms with Gasteiger partial charge in [0, 0.05) is 5.02 Å². The lowest BCUT2D eigenvalue weighted by Gasteiger charge is -2.22. The van der Waals surface area contributed by atoms with Crippen molar-refractivity contribution in [2.75, 3.05) is 13.7 Å². The van der Waals surface area contributed by atoms with Crippen molar-refractivity contribution in [1.82, 2.24) is 10.5 Å². The Morgan fingerprint density at radius 2 is 2.17 bits per heavy atom. The lowest BCUT2D eigenvalue weighted by Crippen LogP contribution is -2.33. The fourth-order valence-electron chi connectivity index (χ4n) is 2.27. The van der Waals surface area contributed by atoms with E-state index in [9.17, 15) is 0 Å². The molecule has 3 rings (SSSR count). The Labute approximate surface area is 147 Å². The smallest absolute Gasteiger partial charge is 0.228 e. The van der Waals surface area contributed by atoms with Gasteiger partial charge in [0.05, 0.1) is 11.6 Å². The Hall–Kier alpha value is -1.63. The molecule has 5 nitrogen and oxygen atoms in total. The maximum atomic E-state index is 6.08. The van der Waals surface area contributed by atoms with Crippen molar-refractivity contribution < 1.29 is 9.57 Å². The van der Waals surface area contributed by atoms with E-state index in [1.165, 1.54) is 0 Å². The molecule has 1 aliphatic rings. The third-order valence-corrected chi connectivity index (χ3v) is 4.54. The lowest BCUT2D eigenvalue weighted by atomic mass is 10.1. The van der Waals surface area contributed by atoms with Gasteiger partial charge in [0.25, 0.3) is 0 Å². The van der Waals surface area contributed by atoms with Crippen LogP contribution in [0, 0.1) is 6.92 Å². The third-order valence-electron chi connectivity index (χ3n) is 3.51. The van der Waals surface area contributed by atoms with E-state index in [1.54, 1.807) is 7.11 Å². The molecule has 2 heterocycles. The van der Waals surface area contributed by atoms with Gasteiger partial charge >= 0.3 is 0 Å². The summed E-state index contributed by atoms with van der Waals surface area (Å²) in [5, 5.41) is 0.743. The number of pyridine rings is 1. The SMILES string of the molecule is COc1nc(C2=NC(c3ccc(Cl)c(C)c3)CON2)ccc1Br. The van der Waals surface area contributed by atoms with Gasteiger partial charge in [0.2, 0.25) is 5.88 Å². The van der Waals surface area contributed by atoms with Crippen molar-refractivity contribution in [3.05, 3.63) is 56.6 Å². The molecule has 0 fully saturated rings. The molecule has 0 saturated heterocycles.